The normalized spacial score (nSPS) is 10.9. The van der Waals surface area contributed by atoms with E-state index in [0.717, 1.165) is 55.9 Å². The number of benzene rings is 4. The first kappa shape index (κ1) is 23.6. The summed E-state index contributed by atoms with van der Waals surface area (Å²) < 4.78 is 0. The fourth-order valence-corrected chi connectivity index (χ4v) is 4.83. The molecular formula is C36H28N2. The SMILES string of the molecule is Cc1ccc(-c2cnc(-c3cc(-c4ccccc4)c(-c4ccc(C)cc4)cn3)cc2-c2ccccc2)cc1. The summed E-state index contributed by atoms with van der Waals surface area (Å²) in [4.78, 5) is 9.84. The lowest BCUT2D eigenvalue weighted by molar-refractivity contribution is 1.25. The van der Waals surface area contributed by atoms with Gasteiger partial charge in [0.1, 0.15) is 0 Å². The highest BCUT2D eigenvalue weighted by Crippen LogP contribution is 2.37. The van der Waals surface area contributed by atoms with E-state index in [0.29, 0.717) is 0 Å². The van der Waals surface area contributed by atoms with Crippen LogP contribution >= 0.6 is 0 Å². The molecule has 0 N–H and O–H groups in total. The molecular weight excluding hydrogens is 460 g/mol. The molecule has 0 amide bonds. The standard InChI is InChI=1S/C36H28N2/c1-25-13-17-29(18-14-25)33-23-37-35(21-31(33)27-9-5-3-6-10-27)36-22-32(28-11-7-4-8-12-28)34(24-38-36)30-19-15-26(2)16-20-30/h3-24H,1-2H3. The zero-order chi connectivity index (χ0) is 25.9. The molecule has 0 fully saturated rings. The molecule has 4 aromatic carbocycles. The Bertz CT molecular complexity index is 1560. The Balaban J connectivity index is 1.52. The second kappa shape index (κ2) is 10.3. The summed E-state index contributed by atoms with van der Waals surface area (Å²) >= 11 is 0. The van der Waals surface area contributed by atoms with Crippen LogP contribution in [0, 0.1) is 13.8 Å². The van der Waals surface area contributed by atoms with E-state index in [4.69, 9.17) is 9.97 Å². The third-order valence-corrected chi connectivity index (χ3v) is 6.97. The Labute approximate surface area is 224 Å². The van der Waals surface area contributed by atoms with Gasteiger partial charge in [0, 0.05) is 23.5 Å². The van der Waals surface area contributed by atoms with Gasteiger partial charge in [-0.1, -0.05) is 120 Å². The lowest BCUT2D eigenvalue weighted by Gasteiger charge is -2.15. The van der Waals surface area contributed by atoms with Gasteiger partial charge >= 0.3 is 0 Å². The van der Waals surface area contributed by atoms with Gasteiger partial charge in [-0.25, -0.2) is 0 Å². The van der Waals surface area contributed by atoms with Crippen molar-refractivity contribution >= 4 is 0 Å². The van der Waals surface area contributed by atoms with Crippen molar-refractivity contribution < 1.29 is 0 Å². The van der Waals surface area contributed by atoms with Crippen LogP contribution < -0.4 is 0 Å². The largest absolute Gasteiger partial charge is 0.254 e. The topological polar surface area (TPSA) is 25.8 Å². The summed E-state index contributed by atoms with van der Waals surface area (Å²) in [7, 11) is 0. The van der Waals surface area contributed by atoms with Gasteiger partial charge in [-0.05, 0) is 59.4 Å². The highest BCUT2D eigenvalue weighted by molar-refractivity contribution is 5.88. The van der Waals surface area contributed by atoms with Gasteiger partial charge in [0.05, 0.1) is 11.4 Å². The van der Waals surface area contributed by atoms with Crippen molar-refractivity contribution in [3.8, 4) is 55.9 Å². The summed E-state index contributed by atoms with van der Waals surface area (Å²) in [6.07, 6.45) is 3.97. The van der Waals surface area contributed by atoms with Crippen molar-refractivity contribution in [3.63, 3.8) is 0 Å². The second-order valence-electron chi connectivity index (χ2n) is 9.69. The van der Waals surface area contributed by atoms with Crippen LogP contribution in [0.5, 0.6) is 0 Å². The number of nitrogens with zero attached hydrogens (tertiary/aromatic N) is 2. The van der Waals surface area contributed by atoms with Crippen LogP contribution in [0.4, 0.5) is 0 Å². The van der Waals surface area contributed by atoms with Gasteiger partial charge in [-0.3, -0.25) is 9.97 Å². The van der Waals surface area contributed by atoms with Crippen molar-refractivity contribution in [2.45, 2.75) is 13.8 Å². The lowest BCUT2D eigenvalue weighted by atomic mass is 9.93. The Morgan fingerprint density at radius 2 is 0.711 bits per heavy atom. The van der Waals surface area contributed by atoms with Gasteiger partial charge < -0.3 is 0 Å². The molecule has 0 saturated heterocycles. The molecule has 0 bridgehead atoms. The van der Waals surface area contributed by atoms with E-state index >= 15 is 0 Å². The minimum Gasteiger partial charge on any atom is -0.254 e. The van der Waals surface area contributed by atoms with Crippen molar-refractivity contribution in [1.82, 2.24) is 9.97 Å². The molecule has 0 saturated carbocycles. The maximum atomic E-state index is 4.92. The third-order valence-electron chi connectivity index (χ3n) is 6.97. The van der Waals surface area contributed by atoms with Gasteiger partial charge in [-0.2, -0.15) is 0 Å². The molecule has 2 heterocycles. The van der Waals surface area contributed by atoms with E-state index in [1.54, 1.807) is 0 Å². The van der Waals surface area contributed by atoms with Crippen molar-refractivity contribution in [2.75, 3.05) is 0 Å². The lowest BCUT2D eigenvalue weighted by Crippen LogP contribution is -1.95. The number of aryl methyl sites for hydroxylation is 2. The van der Waals surface area contributed by atoms with Crippen LogP contribution in [-0.2, 0) is 0 Å². The molecule has 0 spiro atoms. The van der Waals surface area contributed by atoms with Crippen molar-refractivity contribution in [2.24, 2.45) is 0 Å². The molecule has 2 aromatic heterocycles. The smallest absolute Gasteiger partial charge is 0.0893 e. The van der Waals surface area contributed by atoms with Crippen LogP contribution in [0.1, 0.15) is 11.1 Å². The molecule has 0 unspecified atom stereocenters. The summed E-state index contributed by atoms with van der Waals surface area (Å²) in [5.74, 6) is 0. The van der Waals surface area contributed by atoms with Crippen molar-refractivity contribution in [3.05, 3.63) is 145 Å². The molecule has 0 aliphatic rings. The van der Waals surface area contributed by atoms with E-state index < -0.39 is 0 Å². The van der Waals surface area contributed by atoms with E-state index in [2.05, 4.69) is 135 Å². The maximum absolute atomic E-state index is 4.92. The highest BCUT2D eigenvalue weighted by Gasteiger charge is 2.15. The first-order chi connectivity index (χ1) is 18.7. The minimum atomic E-state index is 0.854. The summed E-state index contributed by atoms with van der Waals surface area (Å²) in [5, 5.41) is 0. The predicted octanol–water partition coefficient (Wildman–Crippen LogP) is 9.43. The fraction of sp³-hybridized carbons (Fsp3) is 0.0556. The summed E-state index contributed by atoms with van der Waals surface area (Å²) in [5.41, 5.74) is 13.3. The average Bonchev–Trinajstić information content (AvgIpc) is 2.98. The van der Waals surface area contributed by atoms with Gasteiger partial charge in [0.15, 0.2) is 0 Å². The van der Waals surface area contributed by atoms with Crippen LogP contribution in [0.2, 0.25) is 0 Å². The minimum absolute atomic E-state index is 0.854. The Morgan fingerprint density at radius 3 is 1.08 bits per heavy atom. The highest BCUT2D eigenvalue weighted by atomic mass is 14.8. The molecule has 6 aromatic rings. The Kier molecular flexibility index (Phi) is 6.37. The summed E-state index contributed by atoms with van der Waals surface area (Å²) in [6, 6.07) is 42.6. The monoisotopic (exact) mass is 488 g/mol. The molecule has 38 heavy (non-hydrogen) atoms. The first-order valence-electron chi connectivity index (χ1n) is 12.9. The van der Waals surface area contributed by atoms with E-state index in [1.165, 1.54) is 11.1 Å². The third kappa shape index (κ3) is 4.77. The van der Waals surface area contributed by atoms with E-state index in [-0.39, 0.29) is 0 Å². The van der Waals surface area contributed by atoms with E-state index in [9.17, 15) is 0 Å². The number of hydrogen-bond acceptors (Lipinski definition) is 2. The Hall–Kier alpha value is -4.82. The molecule has 6 rings (SSSR count). The predicted molar refractivity (Wildman–Crippen MR) is 159 cm³/mol. The zero-order valence-electron chi connectivity index (χ0n) is 21.6. The Morgan fingerprint density at radius 1 is 0.368 bits per heavy atom. The molecule has 0 aliphatic heterocycles. The number of rotatable bonds is 5. The number of hydrogen-bond donors (Lipinski definition) is 0. The maximum Gasteiger partial charge on any atom is 0.0893 e. The van der Waals surface area contributed by atoms with Crippen LogP contribution in [0.3, 0.4) is 0 Å². The molecule has 2 heteroatoms. The van der Waals surface area contributed by atoms with Crippen LogP contribution in [0.15, 0.2) is 134 Å². The first-order valence-corrected chi connectivity index (χ1v) is 12.9. The molecule has 0 atom stereocenters. The number of aromatic nitrogens is 2. The quantitative estimate of drug-likeness (QED) is 0.241. The summed E-state index contributed by atoms with van der Waals surface area (Å²) in [6.45, 7) is 4.22. The zero-order valence-corrected chi connectivity index (χ0v) is 21.6. The van der Waals surface area contributed by atoms with E-state index in [1.807, 2.05) is 12.4 Å². The van der Waals surface area contributed by atoms with Gasteiger partial charge in [0.2, 0.25) is 0 Å². The van der Waals surface area contributed by atoms with Gasteiger partial charge in [0.25, 0.3) is 0 Å². The van der Waals surface area contributed by atoms with Crippen LogP contribution in [0.25, 0.3) is 55.9 Å². The molecule has 0 aliphatic carbocycles. The molecule has 182 valence electrons. The van der Waals surface area contributed by atoms with Crippen molar-refractivity contribution in [1.29, 1.82) is 0 Å². The fourth-order valence-electron chi connectivity index (χ4n) is 4.83. The van der Waals surface area contributed by atoms with Crippen LogP contribution in [-0.4, -0.2) is 9.97 Å². The average molecular weight is 489 g/mol. The molecule has 0 radical (unpaired) electrons. The second-order valence-corrected chi connectivity index (χ2v) is 9.69. The molecule has 2 nitrogen and oxygen atoms in total. The number of pyridine rings is 2. The van der Waals surface area contributed by atoms with Gasteiger partial charge in [-0.15, -0.1) is 0 Å².